The molecule has 0 bridgehead atoms. The molecule has 0 saturated heterocycles. The van der Waals surface area contributed by atoms with Crippen molar-refractivity contribution in [3.8, 4) is 5.75 Å². The number of para-hydroxylation sites is 1. The van der Waals surface area contributed by atoms with Crippen LogP contribution in [0.15, 0.2) is 35.9 Å². The van der Waals surface area contributed by atoms with E-state index in [0.717, 1.165) is 17.7 Å². The van der Waals surface area contributed by atoms with Gasteiger partial charge in [0.05, 0.1) is 12.5 Å². The topological polar surface area (TPSA) is 38.3 Å². The fourth-order valence-electron chi connectivity index (χ4n) is 2.97. The first-order chi connectivity index (χ1) is 10.6. The first-order valence-electron chi connectivity index (χ1n) is 8.15. The van der Waals surface area contributed by atoms with Gasteiger partial charge in [0.25, 0.3) is 0 Å². The van der Waals surface area contributed by atoms with Crippen molar-refractivity contribution >= 4 is 5.91 Å². The second kappa shape index (κ2) is 7.48. The maximum Gasteiger partial charge on any atom is 0.230 e. The van der Waals surface area contributed by atoms with Gasteiger partial charge < -0.3 is 10.1 Å². The Hall–Kier alpha value is -1.77. The summed E-state index contributed by atoms with van der Waals surface area (Å²) < 4.78 is 5.39. The van der Waals surface area contributed by atoms with Crippen LogP contribution in [0, 0.1) is 0 Å². The fraction of sp³-hybridized carbons (Fsp3) is 0.526. The van der Waals surface area contributed by atoms with E-state index in [1.54, 1.807) is 7.11 Å². The number of hydrogen-bond acceptors (Lipinski definition) is 2. The minimum absolute atomic E-state index is 0.0495. The van der Waals surface area contributed by atoms with E-state index in [1.165, 1.54) is 31.3 Å². The number of carbonyl (C=O) groups excluding carboxylic acids is 1. The minimum atomic E-state index is -0.604. The van der Waals surface area contributed by atoms with Gasteiger partial charge in [0.15, 0.2) is 0 Å². The van der Waals surface area contributed by atoms with Crippen molar-refractivity contribution < 1.29 is 9.53 Å². The van der Waals surface area contributed by atoms with Gasteiger partial charge in [0.1, 0.15) is 5.75 Å². The number of carbonyl (C=O) groups is 1. The van der Waals surface area contributed by atoms with E-state index in [-0.39, 0.29) is 5.91 Å². The lowest BCUT2D eigenvalue weighted by atomic mass is 9.83. The van der Waals surface area contributed by atoms with Crippen molar-refractivity contribution in [2.75, 3.05) is 13.7 Å². The van der Waals surface area contributed by atoms with Crippen molar-refractivity contribution in [3.05, 3.63) is 41.5 Å². The highest BCUT2D eigenvalue weighted by Gasteiger charge is 2.32. The van der Waals surface area contributed by atoms with Crippen molar-refractivity contribution in [1.29, 1.82) is 0 Å². The van der Waals surface area contributed by atoms with Crippen molar-refractivity contribution in [2.24, 2.45) is 0 Å². The van der Waals surface area contributed by atoms with Crippen LogP contribution in [-0.4, -0.2) is 19.6 Å². The van der Waals surface area contributed by atoms with Gasteiger partial charge in [-0.2, -0.15) is 0 Å². The zero-order chi connectivity index (χ0) is 16.0. The third kappa shape index (κ3) is 3.90. The molecule has 120 valence electrons. The van der Waals surface area contributed by atoms with Crippen LogP contribution in [0.25, 0.3) is 0 Å². The quantitative estimate of drug-likeness (QED) is 0.807. The summed E-state index contributed by atoms with van der Waals surface area (Å²) in [7, 11) is 1.64. The molecule has 3 heteroatoms. The summed E-state index contributed by atoms with van der Waals surface area (Å²) >= 11 is 0. The molecule has 0 aliphatic heterocycles. The lowest BCUT2D eigenvalue weighted by molar-refractivity contribution is -0.125. The van der Waals surface area contributed by atoms with Crippen LogP contribution < -0.4 is 10.1 Å². The molecule has 3 nitrogen and oxygen atoms in total. The van der Waals surface area contributed by atoms with Gasteiger partial charge >= 0.3 is 0 Å². The number of methoxy groups -OCH3 is 1. The highest BCUT2D eigenvalue weighted by atomic mass is 16.5. The molecular weight excluding hydrogens is 274 g/mol. The highest BCUT2D eigenvalue weighted by Crippen LogP contribution is 2.31. The molecule has 1 amide bonds. The zero-order valence-corrected chi connectivity index (χ0v) is 13.9. The Morgan fingerprint density at radius 3 is 2.73 bits per heavy atom. The molecule has 0 atom stereocenters. The van der Waals surface area contributed by atoms with E-state index < -0.39 is 5.41 Å². The average Bonchev–Trinajstić information content (AvgIpc) is 2.55. The van der Waals surface area contributed by atoms with Crippen LogP contribution in [0.4, 0.5) is 0 Å². The predicted octanol–water partition coefficient (Wildman–Crippen LogP) is 3.98. The first kappa shape index (κ1) is 16.6. The number of rotatable bonds is 6. The Bertz CT molecular complexity index is 546. The molecular formula is C19H27NO2. The molecule has 2 rings (SSSR count). The Balaban J connectivity index is 1.96. The summed E-state index contributed by atoms with van der Waals surface area (Å²) in [6, 6.07) is 7.73. The van der Waals surface area contributed by atoms with E-state index in [9.17, 15) is 4.79 Å². The van der Waals surface area contributed by atoms with Crippen LogP contribution in [0.2, 0.25) is 0 Å². The second-order valence-electron chi connectivity index (χ2n) is 6.44. The minimum Gasteiger partial charge on any atom is -0.496 e. The smallest absolute Gasteiger partial charge is 0.230 e. The van der Waals surface area contributed by atoms with Gasteiger partial charge in [-0.15, -0.1) is 0 Å². The molecule has 0 fully saturated rings. The fourth-order valence-corrected chi connectivity index (χ4v) is 2.97. The summed E-state index contributed by atoms with van der Waals surface area (Å²) in [5, 5.41) is 3.08. The van der Waals surface area contributed by atoms with Crippen molar-refractivity contribution in [2.45, 2.75) is 51.4 Å². The Morgan fingerprint density at radius 1 is 1.27 bits per heavy atom. The standard InChI is InChI=1S/C19H27NO2/c1-19(2,16-11-7-8-12-17(16)22-3)18(21)20-14-13-15-9-5-4-6-10-15/h7-9,11-12H,4-6,10,13-14H2,1-3H3,(H,20,21). The van der Waals surface area contributed by atoms with Crippen LogP contribution in [0.5, 0.6) is 5.75 Å². The molecule has 1 N–H and O–H groups in total. The maximum atomic E-state index is 12.6. The van der Waals surface area contributed by atoms with E-state index in [0.29, 0.717) is 6.54 Å². The van der Waals surface area contributed by atoms with Crippen LogP contribution >= 0.6 is 0 Å². The molecule has 0 radical (unpaired) electrons. The van der Waals surface area contributed by atoms with Gasteiger partial charge in [-0.25, -0.2) is 0 Å². The molecule has 1 aliphatic carbocycles. The molecule has 0 saturated carbocycles. The third-order valence-electron chi connectivity index (χ3n) is 4.46. The van der Waals surface area contributed by atoms with Crippen molar-refractivity contribution in [1.82, 2.24) is 5.32 Å². The Labute approximate surface area is 133 Å². The summed E-state index contributed by atoms with van der Waals surface area (Å²) in [5.41, 5.74) is 1.81. The molecule has 0 aromatic heterocycles. The van der Waals surface area contributed by atoms with Crippen LogP contribution in [0.1, 0.15) is 51.5 Å². The molecule has 1 aromatic carbocycles. The first-order valence-corrected chi connectivity index (χ1v) is 8.15. The molecule has 0 spiro atoms. The summed E-state index contributed by atoms with van der Waals surface area (Å²) in [5.74, 6) is 0.811. The maximum absolute atomic E-state index is 12.6. The Morgan fingerprint density at radius 2 is 2.05 bits per heavy atom. The van der Waals surface area contributed by atoms with Crippen LogP contribution in [-0.2, 0) is 10.2 Å². The van der Waals surface area contributed by atoms with E-state index in [4.69, 9.17) is 4.74 Å². The lowest BCUT2D eigenvalue weighted by Crippen LogP contribution is -2.40. The SMILES string of the molecule is COc1ccccc1C(C)(C)C(=O)NCCC1=CCCCC1. The largest absolute Gasteiger partial charge is 0.496 e. The average molecular weight is 301 g/mol. The third-order valence-corrected chi connectivity index (χ3v) is 4.46. The number of ether oxygens (including phenoxy) is 1. The summed E-state index contributed by atoms with van der Waals surface area (Å²) in [6.45, 7) is 4.60. The van der Waals surface area contributed by atoms with Crippen molar-refractivity contribution in [3.63, 3.8) is 0 Å². The summed E-state index contributed by atoms with van der Waals surface area (Å²) in [6.07, 6.45) is 8.26. The van der Waals surface area contributed by atoms with Gasteiger partial charge in [-0.3, -0.25) is 4.79 Å². The summed E-state index contributed by atoms with van der Waals surface area (Å²) in [4.78, 5) is 12.6. The number of amides is 1. The van der Waals surface area contributed by atoms with E-state index >= 15 is 0 Å². The zero-order valence-electron chi connectivity index (χ0n) is 13.9. The van der Waals surface area contributed by atoms with Gasteiger partial charge in [-0.05, 0) is 52.0 Å². The van der Waals surface area contributed by atoms with Crippen LogP contribution in [0.3, 0.4) is 0 Å². The number of hydrogen-bond donors (Lipinski definition) is 1. The van der Waals surface area contributed by atoms with E-state index in [1.807, 2.05) is 38.1 Å². The van der Waals surface area contributed by atoms with Gasteiger partial charge in [-0.1, -0.05) is 29.8 Å². The monoisotopic (exact) mass is 301 g/mol. The normalized spacial score (nSPS) is 15.1. The van der Waals surface area contributed by atoms with Gasteiger partial charge in [0.2, 0.25) is 5.91 Å². The lowest BCUT2D eigenvalue weighted by Gasteiger charge is -2.26. The second-order valence-corrected chi connectivity index (χ2v) is 6.44. The molecule has 1 aliphatic rings. The molecule has 0 heterocycles. The highest BCUT2D eigenvalue weighted by molar-refractivity contribution is 5.88. The molecule has 0 unspecified atom stereocenters. The molecule has 1 aromatic rings. The number of allylic oxidation sites excluding steroid dienone is 1. The Kier molecular flexibility index (Phi) is 5.64. The predicted molar refractivity (Wildman–Crippen MR) is 90.2 cm³/mol. The number of benzene rings is 1. The number of nitrogens with one attached hydrogen (secondary N) is 1. The van der Waals surface area contributed by atoms with E-state index in [2.05, 4.69) is 11.4 Å². The molecule has 22 heavy (non-hydrogen) atoms. The van der Waals surface area contributed by atoms with Gasteiger partial charge in [0, 0.05) is 12.1 Å².